The van der Waals surface area contributed by atoms with E-state index in [1.807, 2.05) is 0 Å². The van der Waals surface area contributed by atoms with Crippen molar-refractivity contribution in [3.8, 4) is 11.6 Å². The molecule has 1 aromatic carbocycles. The predicted octanol–water partition coefficient (Wildman–Crippen LogP) is 2.42. The van der Waals surface area contributed by atoms with E-state index in [9.17, 15) is 9.18 Å². The summed E-state index contributed by atoms with van der Waals surface area (Å²) in [4.78, 5) is 15.2. The van der Waals surface area contributed by atoms with E-state index in [0.29, 0.717) is 5.56 Å². The highest BCUT2D eigenvalue weighted by Gasteiger charge is 2.15. The van der Waals surface area contributed by atoms with E-state index < -0.39 is 11.7 Å². The number of nitrogens with two attached hydrogens (primary N) is 1. The first-order valence-corrected chi connectivity index (χ1v) is 5.27. The average Bonchev–Trinajstić information content (AvgIpc) is 2.31. The molecule has 1 heterocycles. The second-order valence-electron chi connectivity index (χ2n) is 3.70. The first-order valence-electron chi connectivity index (χ1n) is 5.27. The van der Waals surface area contributed by atoms with E-state index in [-0.39, 0.29) is 17.2 Å². The van der Waals surface area contributed by atoms with Gasteiger partial charge in [0, 0.05) is 6.20 Å². The van der Waals surface area contributed by atoms with Crippen LogP contribution < -0.4 is 10.5 Å². The molecule has 4 nitrogen and oxygen atoms in total. The van der Waals surface area contributed by atoms with Crippen molar-refractivity contribution in [1.29, 1.82) is 0 Å². The van der Waals surface area contributed by atoms with Crippen LogP contribution in [-0.4, -0.2) is 10.9 Å². The highest BCUT2D eigenvalue weighted by Crippen LogP contribution is 2.26. The Hall–Kier alpha value is -2.43. The molecule has 0 aliphatic rings. The van der Waals surface area contributed by atoms with Gasteiger partial charge < -0.3 is 10.5 Å². The molecule has 0 bridgehead atoms. The minimum absolute atomic E-state index is 0.00176. The maximum atomic E-state index is 13.4. The van der Waals surface area contributed by atoms with Gasteiger partial charge in [-0.3, -0.25) is 4.79 Å². The molecule has 5 heteroatoms. The largest absolute Gasteiger partial charge is 0.435 e. The van der Waals surface area contributed by atoms with Gasteiger partial charge in [0.25, 0.3) is 5.91 Å². The summed E-state index contributed by atoms with van der Waals surface area (Å²) in [6.45, 7) is 1.70. The molecule has 0 fully saturated rings. The Balaban J connectivity index is 2.44. The Bertz CT molecular complexity index is 599. The van der Waals surface area contributed by atoms with E-state index in [4.69, 9.17) is 10.5 Å². The van der Waals surface area contributed by atoms with Crippen LogP contribution >= 0.6 is 0 Å². The summed E-state index contributed by atoms with van der Waals surface area (Å²) in [7, 11) is 0. The molecule has 0 aliphatic carbocycles. The zero-order valence-electron chi connectivity index (χ0n) is 9.68. The van der Waals surface area contributed by atoms with Gasteiger partial charge in [-0.05, 0) is 30.7 Å². The van der Waals surface area contributed by atoms with Crippen LogP contribution in [0.5, 0.6) is 11.6 Å². The smallest absolute Gasteiger partial charge is 0.254 e. The van der Waals surface area contributed by atoms with E-state index in [1.165, 1.54) is 18.3 Å². The van der Waals surface area contributed by atoms with Crippen molar-refractivity contribution in [2.24, 2.45) is 5.73 Å². The van der Waals surface area contributed by atoms with Crippen LogP contribution in [0.25, 0.3) is 0 Å². The maximum absolute atomic E-state index is 13.4. The number of ether oxygens (including phenoxy) is 1. The molecule has 92 valence electrons. The van der Waals surface area contributed by atoms with Crippen LogP contribution in [-0.2, 0) is 0 Å². The average molecular weight is 246 g/mol. The summed E-state index contributed by atoms with van der Waals surface area (Å²) in [5, 5.41) is 0. The number of benzene rings is 1. The molecule has 2 N–H and O–H groups in total. The minimum atomic E-state index is -0.660. The highest BCUT2D eigenvalue weighted by atomic mass is 19.1. The van der Waals surface area contributed by atoms with Crippen LogP contribution in [0.3, 0.4) is 0 Å². The third kappa shape index (κ3) is 2.29. The fraction of sp³-hybridized carbons (Fsp3) is 0.0769. The van der Waals surface area contributed by atoms with E-state index in [2.05, 4.69) is 4.98 Å². The molecule has 1 amide bonds. The topological polar surface area (TPSA) is 65.2 Å². The summed E-state index contributed by atoms with van der Waals surface area (Å²) in [6.07, 6.45) is 1.47. The molecule has 2 rings (SSSR count). The minimum Gasteiger partial charge on any atom is -0.435 e. The predicted molar refractivity (Wildman–Crippen MR) is 64.0 cm³/mol. The third-order valence-electron chi connectivity index (χ3n) is 2.41. The number of hydrogen-bond donors (Lipinski definition) is 1. The number of nitrogens with zero attached hydrogens (tertiary/aromatic N) is 1. The van der Waals surface area contributed by atoms with Gasteiger partial charge in [-0.15, -0.1) is 0 Å². The van der Waals surface area contributed by atoms with Gasteiger partial charge in [0.15, 0.2) is 11.6 Å². The van der Waals surface area contributed by atoms with Crippen molar-refractivity contribution >= 4 is 5.91 Å². The van der Waals surface area contributed by atoms with Crippen LogP contribution in [0.1, 0.15) is 15.9 Å². The van der Waals surface area contributed by atoms with Gasteiger partial charge in [-0.1, -0.05) is 12.1 Å². The SMILES string of the molecule is Cc1ccnc(Oc2ccccc2F)c1C(N)=O. The molecule has 2 aromatic rings. The number of carbonyl (C=O) groups excluding carboxylic acids is 1. The summed E-state index contributed by atoms with van der Waals surface area (Å²) >= 11 is 0. The van der Waals surface area contributed by atoms with Crippen LogP contribution in [0, 0.1) is 12.7 Å². The van der Waals surface area contributed by atoms with Crippen LogP contribution in [0.4, 0.5) is 4.39 Å². The van der Waals surface area contributed by atoms with Gasteiger partial charge in [0.1, 0.15) is 5.56 Å². The summed E-state index contributed by atoms with van der Waals surface area (Å²) in [5.74, 6) is -1.19. The van der Waals surface area contributed by atoms with Crippen molar-refractivity contribution in [2.45, 2.75) is 6.92 Å². The van der Waals surface area contributed by atoms with Crippen molar-refractivity contribution in [3.05, 3.63) is 53.5 Å². The van der Waals surface area contributed by atoms with Crippen molar-refractivity contribution in [3.63, 3.8) is 0 Å². The van der Waals surface area contributed by atoms with Crippen LogP contribution in [0.2, 0.25) is 0 Å². The second kappa shape index (κ2) is 4.83. The molecule has 0 unspecified atom stereocenters. The zero-order chi connectivity index (χ0) is 13.1. The fourth-order valence-electron chi connectivity index (χ4n) is 1.54. The molecule has 0 spiro atoms. The van der Waals surface area contributed by atoms with Crippen molar-refractivity contribution < 1.29 is 13.9 Å². The number of para-hydroxylation sites is 1. The highest BCUT2D eigenvalue weighted by molar-refractivity contribution is 5.96. The van der Waals surface area contributed by atoms with Gasteiger partial charge in [0.2, 0.25) is 5.88 Å². The zero-order valence-corrected chi connectivity index (χ0v) is 9.68. The number of halogens is 1. The third-order valence-corrected chi connectivity index (χ3v) is 2.41. The number of carbonyl (C=O) groups is 1. The Labute approximate surface area is 103 Å². The molecule has 0 atom stereocenters. The Morgan fingerprint density at radius 1 is 1.33 bits per heavy atom. The van der Waals surface area contributed by atoms with E-state index in [0.717, 1.165) is 0 Å². The van der Waals surface area contributed by atoms with Crippen molar-refractivity contribution in [1.82, 2.24) is 4.98 Å². The molecule has 1 aromatic heterocycles. The van der Waals surface area contributed by atoms with Gasteiger partial charge >= 0.3 is 0 Å². The number of rotatable bonds is 3. The Morgan fingerprint density at radius 2 is 2.06 bits per heavy atom. The number of aryl methyl sites for hydroxylation is 1. The lowest BCUT2D eigenvalue weighted by Crippen LogP contribution is -2.14. The second-order valence-corrected chi connectivity index (χ2v) is 3.70. The van der Waals surface area contributed by atoms with E-state index >= 15 is 0 Å². The molecule has 0 saturated heterocycles. The van der Waals surface area contributed by atoms with Gasteiger partial charge in [-0.25, -0.2) is 9.37 Å². The monoisotopic (exact) mass is 246 g/mol. The molecule has 18 heavy (non-hydrogen) atoms. The fourth-order valence-corrected chi connectivity index (χ4v) is 1.54. The molecular weight excluding hydrogens is 235 g/mol. The summed E-state index contributed by atoms with van der Waals surface area (Å²) in [6, 6.07) is 7.51. The van der Waals surface area contributed by atoms with E-state index in [1.54, 1.807) is 25.1 Å². The Kier molecular flexibility index (Phi) is 3.23. The quantitative estimate of drug-likeness (QED) is 0.904. The number of pyridine rings is 1. The maximum Gasteiger partial charge on any atom is 0.254 e. The van der Waals surface area contributed by atoms with Crippen LogP contribution in [0.15, 0.2) is 36.5 Å². The molecule has 0 radical (unpaired) electrons. The lowest BCUT2D eigenvalue weighted by molar-refractivity contribution is 0.0996. The Morgan fingerprint density at radius 3 is 2.72 bits per heavy atom. The summed E-state index contributed by atoms with van der Waals surface area (Å²) in [5.41, 5.74) is 6.04. The number of aromatic nitrogens is 1. The standard InChI is InChI=1S/C13H11FN2O2/c1-8-6-7-16-13(11(8)12(15)17)18-10-5-3-2-4-9(10)14/h2-7H,1H3,(H2,15,17). The molecular formula is C13H11FN2O2. The molecule has 0 saturated carbocycles. The first-order chi connectivity index (χ1) is 8.59. The number of hydrogen-bond acceptors (Lipinski definition) is 3. The van der Waals surface area contributed by atoms with Gasteiger partial charge in [-0.2, -0.15) is 0 Å². The molecule has 0 aliphatic heterocycles. The van der Waals surface area contributed by atoms with Gasteiger partial charge in [0.05, 0.1) is 0 Å². The normalized spacial score (nSPS) is 10.1. The number of primary amides is 1. The lowest BCUT2D eigenvalue weighted by atomic mass is 10.1. The first kappa shape index (κ1) is 12.0. The summed E-state index contributed by atoms with van der Waals surface area (Å²) < 4.78 is 18.7. The van der Waals surface area contributed by atoms with Crippen molar-refractivity contribution in [2.75, 3.05) is 0 Å². The number of amides is 1. The lowest BCUT2D eigenvalue weighted by Gasteiger charge is -2.10.